The largest absolute Gasteiger partial charge is 0.495 e. The zero-order chi connectivity index (χ0) is 16.4. The van der Waals surface area contributed by atoms with Crippen LogP contribution in [0.15, 0.2) is 42.6 Å². The summed E-state index contributed by atoms with van der Waals surface area (Å²) < 4.78 is 24.4. The van der Waals surface area contributed by atoms with Crippen LogP contribution in [-0.4, -0.2) is 12.1 Å². The minimum Gasteiger partial charge on any atom is -0.495 e. The molecular formula is C17H12FN3O2. The van der Waals surface area contributed by atoms with Gasteiger partial charge in [-0.2, -0.15) is 5.26 Å². The maximum Gasteiger partial charge on any atom is 0.149 e. The van der Waals surface area contributed by atoms with Gasteiger partial charge in [0.15, 0.2) is 0 Å². The van der Waals surface area contributed by atoms with Crippen molar-refractivity contribution in [2.45, 2.75) is 0 Å². The third-order valence-electron chi connectivity index (χ3n) is 3.34. The Kier molecular flexibility index (Phi) is 3.69. The number of hydrogen-bond acceptors (Lipinski definition) is 5. The molecule has 3 aromatic rings. The Morgan fingerprint density at radius 2 is 2.00 bits per heavy atom. The van der Waals surface area contributed by atoms with Crippen LogP contribution in [0.1, 0.15) is 5.56 Å². The second kappa shape index (κ2) is 5.81. The monoisotopic (exact) mass is 309 g/mol. The Labute approximate surface area is 131 Å². The van der Waals surface area contributed by atoms with Gasteiger partial charge in [-0.25, -0.2) is 4.39 Å². The lowest BCUT2D eigenvalue weighted by Crippen LogP contribution is -1.94. The van der Waals surface area contributed by atoms with E-state index < -0.39 is 5.82 Å². The van der Waals surface area contributed by atoms with Crippen molar-refractivity contribution in [3.8, 4) is 23.3 Å². The van der Waals surface area contributed by atoms with Gasteiger partial charge in [0.2, 0.25) is 0 Å². The van der Waals surface area contributed by atoms with Crippen molar-refractivity contribution in [3.63, 3.8) is 0 Å². The van der Waals surface area contributed by atoms with Gasteiger partial charge in [-0.1, -0.05) is 0 Å². The summed E-state index contributed by atoms with van der Waals surface area (Å²) in [5.74, 6) is 0.639. The Hall–Kier alpha value is -3.33. The quantitative estimate of drug-likeness (QED) is 0.747. The Bertz CT molecular complexity index is 935. The van der Waals surface area contributed by atoms with Crippen LogP contribution < -0.4 is 15.2 Å². The zero-order valence-corrected chi connectivity index (χ0v) is 12.2. The van der Waals surface area contributed by atoms with Gasteiger partial charge in [0.25, 0.3) is 0 Å². The third kappa shape index (κ3) is 2.72. The molecule has 114 valence electrons. The predicted molar refractivity (Wildman–Crippen MR) is 83.9 cm³/mol. The smallest absolute Gasteiger partial charge is 0.149 e. The number of anilines is 1. The number of nitrogens with two attached hydrogens (primary N) is 1. The van der Waals surface area contributed by atoms with Crippen LogP contribution in [-0.2, 0) is 0 Å². The van der Waals surface area contributed by atoms with Crippen molar-refractivity contribution < 1.29 is 13.9 Å². The Morgan fingerprint density at radius 3 is 2.70 bits per heavy atom. The zero-order valence-electron chi connectivity index (χ0n) is 12.2. The fraction of sp³-hybridized carbons (Fsp3) is 0.0588. The number of nitriles is 1. The number of benzene rings is 2. The van der Waals surface area contributed by atoms with Gasteiger partial charge in [0.1, 0.15) is 29.1 Å². The number of aromatic nitrogens is 1. The molecule has 0 saturated heterocycles. The molecule has 1 heterocycles. The molecule has 0 bridgehead atoms. The Morgan fingerprint density at radius 1 is 1.17 bits per heavy atom. The van der Waals surface area contributed by atoms with E-state index in [9.17, 15) is 9.65 Å². The molecule has 5 nitrogen and oxygen atoms in total. The average molecular weight is 309 g/mol. The van der Waals surface area contributed by atoms with E-state index in [1.807, 2.05) is 0 Å². The highest BCUT2D eigenvalue weighted by Crippen LogP contribution is 2.33. The molecule has 0 aliphatic rings. The number of nitrogen functional groups attached to an aromatic ring is 1. The van der Waals surface area contributed by atoms with E-state index in [1.54, 1.807) is 30.5 Å². The topological polar surface area (TPSA) is 81.2 Å². The van der Waals surface area contributed by atoms with Crippen molar-refractivity contribution in [1.29, 1.82) is 5.26 Å². The van der Waals surface area contributed by atoms with Crippen LogP contribution >= 0.6 is 0 Å². The molecule has 0 amide bonds. The fourth-order valence-electron chi connectivity index (χ4n) is 2.19. The highest BCUT2D eigenvalue weighted by atomic mass is 19.1. The first-order valence-electron chi connectivity index (χ1n) is 6.72. The van der Waals surface area contributed by atoms with Crippen LogP contribution in [0.4, 0.5) is 10.1 Å². The van der Waals surface area contributed by atoms with E-state index in [0.29, 0.717) is 33.7 Å². The first kappa shape index (κ1) is 14.6. The minimum absolute atomic E-state index is 0.0495. The molecule has 2 aromatic carbocycles. The molecule has 3 rings (SSSR count). The second-order valence-electron chi connectivity index (χ2n) is 4.78. The molecule has 0 radical (unpaired) electrons. The average Bonchev–Trinajstić information content (AvgIpc) is 2.57. The lowest BCUT2D eigenvalue weighted by atomic mass is 10.1. The maximum atomic E-state index is 13.5. The molecule has 1 aromatic heterocycles. The molecule has 0 aliphatic heterocycles. The van der Waals surface area contributed by atoms with Crippen LogP contribution in [0.25, 0.3) is 10.9 Å². The van der Waals surface area contributed by atoms with Crippen molar-refractivity contribution in [2.75, 3.05) is 12.8 Å². The molecule has 0 atom stereocenters. The van der Waals surface area contributed by atoms with Gasteiger partial charge in [-0.15, -0.1) is 0 Å². The lowest BCUT2D eigenvalue weighted by molar-refractivity contribution is 0.414. The summed E-state index contributed by atoms with van der Waals surface area (Å²) in [4.78, 5) is 4.24. The summed E-state index contributed by atoms with van der Waals surface area (Å²) in [6.07, 6.45) is 1.57. The number of ether oxygens (including phenoxy) is 2. The molecule has 0 aliphatic carbocycles. The molecule has 6 heteroatoms. The molecule has 0 fully saturated rings. The number of methoxy groups -OCH3 is 1. The lowest BCUT2D eigenvalue weighted by Gasteiger charge is -2.11. The number of pyridine rings is 1. The Balaban J connectivity index is 2.10. The normalized spacial score (nSPS) is 10.3. The van der Waals surface area contributed by atoms with Crippen LogP contribution in [0.5, 0.6) is 17.2 Å². The molecular weight excluding hydrogens is 297 g/mol. The van der Waals surface area contributed by atoms with Crippen molar-refractivity contribution >= 4 is 16.6 Å². The first-order chi connectivity index (χ1) is 11.1. The van der Waals surface area contributed by atoms with E-state index in [0.717, 1.165) is 0 Å². The molecule has 0 spiro atoms. The first-order valence-corrected chi connectivity index (χ1v) is 6.72. The number of fused-ring (bicyclic) bond motifs is 1. The van der Waals surface area contributed by atoms with Gasteiger partial charge >= 0.3 is 0 Å². The van der Waals surface area contributed by atoms with E-state index in [4.69, 9.17) is 15.2 Å². The van der Waals surface area contributed by atoms with Crippen molar-refractivity contribution in [2.24, 2.45) is 0 Å². The van der Waals surface area contributed by atoms with Crippen LogP contribution in [0.2, 0.25) is 0 Å². The van der Waals surface area contributed by atoms with Crippen molar-refractivity contribution in [1.82, 2.24) is 4.98 Å². The molecule has 0 unspecified atom stereocenters. The van der Waals surface area contributed by atoms with Gasteiger partial charge < -0.3 is 15.2 Å². The van der Waals surface area contributed by atoms with E-state index in [2.05, 4.69) is 11.1 Å². The number of rotatable bonds is 3. The standard InChI is InChI=1S/C17H12FN3O2/c1-22-17-8-15-12(6-10(17)9-19)16(4-5-21-15)23-11-2-3-14(20)13(18)7-11/h2-8H,20H2,1H3. The molecule has 2 N–H and O–H groups in total. The van der Waals surface area contributed by atoms with Gasteiger partial charge in [0, 0.05) is 23.7 Å². The number of nitrogens with zero attached hydrogens (tertiary/aromatic N) is 2. The summed E-state index contributed by atoms with van der Waals surface area (Å²) in [5, 5.41) is 9.83. The van der Waals surface area contributed by atoms with Gasteiger partial charge in [-0.3, -0.25) is 4.98 Å². The molecule has 0 saturated carbocycles. The predicted octanol–water partition coefficient (Wildman–Crippen LogP) is 3.63. The summed E-state index contributed by atoms with van der Waals surface area (Å²) in [6, 6.07) is 11.2. The van der Waals surface area contributed by atoms with E-state index in [1.165, 1.54) is 19.2 Å². The number of halogens is 1. The van der Waals surface area contributed by atoms with Crippen LogP contribution in [0.3, 0.4) is 0 Å². The maximum absolute atomic E-state index is 13.5. The van der Waals surface area contributed by atoms with Crippen molar-refractivity contribution in [3.05, 3.63) is 54.0 Å². The fourth-order valence-corrected chi connectivity index (χ4v) is 2.19. The highest BCUT2D eigenvalue weighted by Gasteiger charge is 2.11. The SMILES string of the molecule is COc1cc2nccc(Oc3ccc(N)c(F)c3)c2cc1C#N. The van der Waals surface area contributed by atoms with Crippen LogP contribution in [0, 0.1) is 17.1 Å². The second-order valence-corrected chi connectivity index (χ2v) is 4.78. The minimum atomic E-state index is -0.555. The van der Waals surface area contributed by atoms with E-state index >= 15 is 0 Å². The van der Waals surface area contributed by atoms with Gasteiger partial charge in [-0.05, 0) is 24.3 Å². The number of hydrogen-bond donors (Lipinski definition) is 1. The highest BCUT2D eigenvalue weighted by molar-refractivity contribution is 5.88. The summed E-state index contributed by atoms with van der Waals surface area (Å²) in [6.45, 7) is 0. The third-order valence-corrected chi connectivity index (χ3v) is 3.34. The summed E-state index contributed by atoms with van der Waals surface area (Å²) in [7, 11) is 1.49. The summed E-state index contributed by atoms with van der Waals surface area (Å²) in [5.41, 5.74) is 6.47. The summed E-state index contributed by atoms with van der Waals surface area (Å²) >= 11 is 0. The van der Waals surface area contributed by atoms with E-state index in [-0.39, 0.29) is 5.69 Å². The molecule has 23 heavy (non-hydrogen) atoms. The van der Waals surface area contributed by atoms with Gasteiger partial charge in [0.05, 0.1) is 23.9 Å².